The molecule has 2 aromatic carbocycles. The summed E-state index contributed by atoms with van der Waals surface area (Å²) in [5.41, 5.74) is 1.47. The second kappa shape index (κ2) is 11.0. The highest BCUT2D eigenvalue weighted by atomic mass is 35.5. The van der Waals surface area contributed by atoms with Crippen LogP contribution in [0, 0.1) is 11.8 Å². The lowest BCUT2D eigenvalue weighted by Crippen LogP contribution is -2.40. The van der Waals surface area contributed by atoms with Gasteiger partial charge in [0.1, 0.15) is 6.61 Å². The predicted octanol–water partition coefficient (Wildman–Crippen LogP) is 5.10. The molecule has 1 aliphatic carbocycles. The van der Waals surface area contributed by atoms with Crippen LogP contribution in [0.4, 0.5) is 16.2 Å². The van der Waals surface area contributed by atoms with Crippen LogP contribution < -0.4 is 10.2 Å². The maximum atomic E-state index is 13.1. The summed E-state index contributed by atoms with van der Waals surface area (Å²) in [6, 6.07) is 16.5. The number of carboxylic acid groups (broad SMARTS) is 1. The summed E-state index contributed by atoms with van der Waals surface area (Å²) in [7, 11) is 0. The van der Waals surface area contributed by atoms with Gasteiger partial charge in [-0.2, -0.15) is 0 Å². The fourth-order valence-corrected chi connectivity index (χ4v) is 4.12. The lowest BCUT2D eigenvalue weighted by atomic mass is 9.82. The number of halogens is 1. The third-order valence-electron chi connectivity index (χ3n) is 5.30. The summed E-state index contributed by atoms with van der Waals surface area (Å²) in [5.74, 6) is -0.270. The highest BCUT2D eigenvalue weighted by Gasteiger charge is 2.24. The number of urea groups is 1. The Morgan fingerprint density at radius 3 is 2.53 bits per heavy atom. The smallest absolute Gasteiger partial charge is 0.329 e. The molecule has 6 nitrogen and oxygen atoms in total. The van der Waals surface area contributed by atoms with Crippen LogP contribution in [-0.4, -0.2) is 36.9 Å². The quantitative estimate of drug-likeness (QED) is 0.611. The number of ether oxygens (including phenoxy) is 1. The largest absolute Gasteiger partial charge is 0.480 e. The fraction of sp³-hybridized carbons (Fsp3) is 0.391. The van der Waals surface area contributed by atoms with E-state index in [2.05, 4.69) is 5.32 Å². The highest BCUT2D eigenvalue weighted by molar-refractivity contribution is 6.31. The minimum absolute atomic E-state index is 0.201. The monoisotopic (exact) mass is 430 g/mol. The number of hydrogen-bond acceptors (Lipinski definition) is 3. The molecule has 7 heteroatoms. The van der Waals surface area contributed by atoms with Crippen molar-refractivity contribution in [3.05, 3.63) is 59.6 Å². The molecule has 2 amide bonds. The van der Waals surface area contributed by atoms with Crippen LogP contribution >= 0.6 is 11.6 Å². The Kier molecular flexibility index (Phi) is 8.11. The zero-order chi connectivity index (χ0) is 21.3. The maximum absolute atomic E-state index is 13.1. The molecule has 2 aromatic rings. The number of nitrogens with zero attached hydrogens (tertiary/aromatic N) is 1. The van der Waals surface area contributed by atoms with E-state index in [1.807, 2.05) is 42.5 Å². The van der Waals surface area contributed by atoms with Crippen LogP contribution in [-0.2, 0) is 9.53 Å². The number of carbonyl (C=O) groups excluding carboxylic acids is 1. The van der Waals surface area contributed by atoms with E-state index in [-0.39, 0.29) is 12.6 Å². The number of rotatable bonds is 8. The highest BCUT2D eigenvalue weighted by Crippen LogP contribution is 2.30. The van der Waals surface area contributed by atoms with Crippen molar-refractivity contribution in [3.63, 3.8) is 0 Å². The predicted molar refractivity (Wildman–Crippen MR) is 117 cm³/mol. The van der Waals surface area contributed by atoms with Gasteiger partial charge >= 0.3 is 12.0 Å². The van der Waals surface area contributed by atoms with E-state index in [4.69, 9.17) is 21.4 Å². The molecule has 3 rings (SSSR count). The van der Waals surface area contributed by atoms with Gasteiger partial charge in [0.25, 0.3) is 0 Å². The van der Waals surface area contributed by atoms with Crippen LogP contribution in [0.15, 0.2) is 54.6 Å². The van der Waals surface area contributed by atoms with Crippen molar-refractivity contribution in [1.29, 1.82) is 0 Å². The zero-order valence-electron chi connectivity index (χ0n) is 16.8. The molecule has 0 aliphatic heterocycles. The summed E-state index contributed by atoms with van der Waals surface area (Å²) in [4.78, 5) is 25.4. The lowest BCUT2D eigenvalue weighted by Gasteiger charge is -2.30. The maximum Gasteiger partial charge on any atom is 0.329 e. The van der Waals surface area contributed by atoms with E-state index in [0.717, 1.165) is 31.4 Å². The SMILES string of the molecule is O=C(O)COCC1CCCC(CNC(=O)N(c2ccccc2)c2cccc(Cl)c2)C1. The van der Waals surface area contributed by atoms with E-state index in [0.29, 0.717) is 35.7 Å². The van der Waals surface area contributed by atoms with Gasteiger partial charge in [-0.1, -0.05) is 42.3 Å². The number of carboxylic acids is 1. The summed E-state index contributed by atoms with van der Waals surface area (Å²) >= 11 is 6.15. The van der Waals surface area contributed by atoms with Crippen molar-refractivity contribution in [3.8, 4) is 0 Å². The van der Waals surface area contributed by atoms with E-state index in [1.54, 1.807) is 17.0 Å². The van der Waals surface area contributed by atoms with Crippen LogP contribution in [0.3, 0.4) is 0 Å². The van der Waals surface area contributed by atoms with Crippen molar-refractivity contribution in [2.24, 2.45) is 11.8 Å². The summed E-state index contributed by atoms with van der Waals surface area (Å²) < 4.78 is 5.27. The average molecular weight is 431 g/mol. The van der Waals surface area contributed by atoms with Crippen LogP contribution in [0.2, 0.25) is 5.02 Å². The Hall–Kier alpha value is -2.57. The van der Waals surface area contributed by atoms with E-state index in [1.165, 1.54) is 0 Å². The van der Waals surface area contributed by atoms with Gasteiger partial charge in [0.05, 0.1) is 18.0 Å². The van der Waals surface area contributed by atoms with E-state index >= 15 is 0 Å². The van der Waals surface area contributed by atoms with Crippen LogP contribution in [0.25, 0.3) is 0 Å². The Balaban J connectivity index is 1.61. The molecule has 30 heavy (non-hydrogen) atoms. The van der Waals surface area contributed by atoms with E-state index in [9.17, 15) is 9.59 Å². The average Bonchev–Trinajstić information content (AvgIpc) is 2.73. The topological polar surface area (TPSA) is 78.9 Å². The Labute approximate surface area is 181 Å². The van der Waals surface area contributed by atoms with Gasteiger partial charge in [0.2, 0.25) is 0 Å². The second-order valence-corrected chi connectivity index (χ2v) is 8.08. The van der Waals surface area contributed by atoms with Crippen molar-refractivity contribution in [1.82, 2.24) is 5.32 Å². The minimum atomic E-state index is -0.948. The number of para-hydroxylation sites is 1. The molecule has 0 radical (unpaired) electrons. The number of nitrogens with one attached hydrogen (secondary N) is 1. The summed E-state index contributed by atoms with van der Waals surface area (Å²) in [6.07, 6.45) is 4.04. The molecule has 2 N–H and O–H groups in total. The van der Waals surface area contributed by atoms with Crippen molar-refractivity contribution >= 4 is 35.0 Å². The van der Waals surface area contributed by atoms with Gasteiger partial charge < -0.3 is 15.2 Å². The molecular formula is C23H27ClN2O4. The Morgan fingerprint density at radius 1 is 1.07 bits per heavy atom. The number of aliphatic carboxylic acids is 1. The van der Waals surface area contributed by atoms with Gasteiger partial charge in [-0.3, -0.25) is 4.90 Å². The number of benzene rings is 2. The number of amides is 2. The van der Waals surface area contributed by atoms with Gasteiger partial charge in [-0.15, -0.1) is 0 Å². The minimum Gasteiger partial charge on any atom is -0.480 e. The van der Waals surface area contributed by atoms with Gasteiger partial charge in [-0.25, -0.2) is 9.59 Å². The molecule has 1 saturated carbocycles. The number of hydrogen-bond donors (Lipinski definition) is 2. The van der Waals surface area contributed by atoms with Gasteiger partial charge in [0, 0.05) is 11.6 Å². The number of anilines is 2. The molecule has 160 valence electrons. The van der Waals surface area contributed by atoms with Gasteiger partial charge in [0.15, 0.2) is 0 Å². The molecule has 0 bridgehead atoms. The first-order valence-corrected chi connectivity index (χ1v) is 10.6. The van der Waals surface area contributed by atoms with Crippen molar-refractivity contribution in [2.75, 3.05) is 24.7 Å². The molecule has 0 spiro atoms. The molecule has 0 aromatic heterocycles. The molecule has 0 heterocycles. The molecular weight excluding hydrogens is 404 g/mol. The van der Waals surface area contributed by atoms with Crippen LogP contribution in [0.5, 0.6) is 0 Å². The van der Waals surface area contributed by atoms with Gasteiger partial charge in [-0.05, 0) is 61.4 Å². The summed E-state index contributed by atoms with van der Waals surface area (Å²) in [6.45, 7) is 0.761. The standard InChI is InChI=1S/C23H27ClN2O4/c24-19-8-5-11-21(13-19)26(20-9-2-1-3-10-20)23(29)25-14-17-6-4-7-18(12-17)15-30-16-22(27)28/h1-3,5,8-11,13,17-18H,4,6-7,12,14-16H2,(H,25,29)(H,27,28). The van der Waals surface area contributed by atoms with Crippen molar-refractivity contribution in [2.45, 2.75) is 25.7 Å². The first-order chi connectivity index (χ1) is 14.5. The molecule has 2 unspecified atom stereocenters. The second-order valence-electron chi connectivity index (χ2n) is 7.64. The molecule has 2 atom stereocenters. The first kappa shape index (κ1) is 22.1. The number of carbonyl (C=O) groups is 2. The molecule has 1 fully saturated rings. The summed E-state index contributed by atoms with van der Waals surface area (Å²) in [5, 5.41) is 12.4. The van der Waals surface area contributed by atoms with Crippen LogP contribution in [0.1, 0.15) is 25.7 Å². The van der Waals surface area contributed by atoms with Crippen molar-refractivity contribution < 1.29 is 19.4 Å². The first-order valence-electron chi connectivity index (χ1n) is 10.2. The lowest BCUT2D eigenvalue weighted by molar-refractivity contribution is -0.142. The Morgan fingerprint density at radius 2 is 1.80 bits per heavy atom. The molecule has 0 saturated heterocycles. The third-order valence-corrected chi connectivity index (χ3v) is 5.53. The Bertz CT molecular complexity index is 846. The third kappa shape index (κ3) is 6.47. The molecule has 1 aliphatic rings. The zero-order valence-corrected chi connectivity index (χ0v) is 17.6. The normalized spacial score (nSPS) is 18.6. The van der Waals surface area contributed by atoms with E-state index < -0.39 is 5.97 Å². The fourth-order valence-electron chi connectivity index (χ4n) is 3.94.